The molecule has 0 heterocycles. The SMILES string of the molecule is CC(O)CN(C)c1cccc(Cl)c1CNC1CC1. The molecule has 2 rings (SSSR count). The fourth-order valence-electron chi connectivity index (χ4n) is 2.11. The van der Waals surface area contributed by atoms with Gasteiger partial charge in [-0.05, 0) is 31.9 Å². The predicted molar refractivity (Wildman–Crippen MR) is 76.3 cm³/mol. The monoisotopic (exact) mass is 268 g/mol. The maximum absolute atomic E-state index is 9.48. The lowest BCUT2D eigenvalue weighted by Gasteiger charge is -2.24. The van der Waals surface area contributed by atoms with Crippen LogP contribution in [0.2, 0.25) is 5.02 Å². The summed E-state index contributed by atoms with van der Waals surface area (Å²) >= 11 is 6.28. The number of nitrogens with zero attached hydrogens (tertiary/aromatic N) is 1. The van der Waals surface area contributed by atoms with Crippen LogP contribution in [0.15, 0.2) is 18.2 Å². The molecule has 1 unspecified atom stereocenters. The van der Waals surface area contributed by atoms with Gasteiger partial charge in [0.15, 0.2) is 0 Å². The predicted octanol–water partition coefficient (Wildman–Crippen LogP) is 2.41. The lowest BCUT2D eigenvalue weighted by atomic mass is 10.1. The molecule has 1 aromatic carbocycles. The Balaban J connectivity index is 2.13. The summed E-state index contributed by atoms with van der Waals surface area (Å²) in [7, 11) is 1.99. The average Bonchev–Trinajstić information content (AvgIpc) is 3.10. The van der Waals surface area contributed by atoms with Crippen LogP contribution in [0.1, 0.15) is 25.3 Å². The molecule has 1 aromatic rings. The molecule has 0 spiro atoms. The molecule has 4 heteroatoms. The summed E-state index contributed by atoms with van der Waals surface area (Å²) in [4.78, 5) is 2.06. The molecule has 0 saturated heterocycles. The molecule has 2 N–H and O–H groups in total. The molecular weight excluding hydrogens is 248 g/mol. The summed E-state index contributed by atoms with van der Waals surface area (Å²) in [5, 5.41) is 13.8. The molecule has 1 atom stereocenters. The lowest BCUT2D eigenvalue weighted by molar-refractivity contribution is 0.201. The van der Waals surface area contributed by atoms with Crippen LogP contribution in [-0.2, 0) is 6.54 Å². The summed E-state index contributed by atoms with van der Waals surface area (Å²) < 4.78 is 0. The molecule has 0 bridgehead atoms. The third-order valence-corrected chi connectivity index (χ3v) is 3.54. The number of nitrogens with one attached hydrogen (secondary N) is 1. The van der Waals surface area contributed by atoms with Crippen molar-refractivity contribution in [3.05, 3.63) is 28.8 Å². The second-order valence-corrected chi connectivity index (χ2v) is 5.53. The first-order valence-corrected chi connectivity index (χ1v) is 6.85. The van der Waals surface area contributed by atoms with Crippen molar-refractivity contribution in [3.8, 4) is 0 Å². The summed E-state index contributed by atoms with van der Waals surface area (Å²) in [6.07, 6.45) is 2.19. The molecule has 1 fully saturated rings. The number of hydrogen-bond acceptors (Lipinski definition) is 3. The van der Waals surface area contributed by atoms with E-state index in [9.17, 15) is 5.11 Å². The molecule has 1 aliphatic rings. The van der Waals surface area contributed by atoms with Gasteiger partial charge in [0.1, 0.15) is 0 Å². The van der Waals surface area contributed by atoms with E-state index in [0.29, 0.717) is 12.6 Å². The number of benzene rings is 1. The molecular formula is C14H21ClN2O. The van der Waals surface area contributed by atoms with Crippen LogP contribution in [-0.4, -0.2) is 30.8 Å². The van der Waals surface area contributed by atoms with Crippen LogP contribution in [0.5, 0.6) is 0 Å². The van der Waals surface area contributed by atoms with Gasteiger partial charge in [-0.15, -0.1) is 0 Å². The highest BCUT2D eigenvalue weighted by Crippen LogP contribution is 2.28. The number of aliphatic hydroxyl groups excluding tert-OH is 1. The van der Waals surface area contributed by atoms with Crippen molar-refractivity contribution in [1.29, 1.82) is 0 Å². The van der Waals surface area contributed by atoms with E-state index in [0.717, 1.165) is 22.8 Å². The normalized spacial score (nSPS) is 16.7. The van der Waals surface area contributed by atoms with Gasteiger partial charge in [0, 0.05) is 42.5 Å². The quantitative estimate of drug-likeness (QED) is 0.832. The largest absolute Gasteiger partial charge is 0.392 e. The van der Waals surface area contributed by atoms with E-state index in [1.54, 1.807) is 6.92 Å². The topological polar surface area (TPSA) is 35.5 Å². The van der Waals surface area contributed by atoms with Crippen molar-refractivity contribution in [1.82, 2.24) is 5.32 Å². The van der Waals surface area contributed by atoms with E-state index < -0.39 is 0 Å². The fourth-order valence-corrected chi connectivity index (χ4v) is 2.34. The highest BCUT2D eigenvalue weighted by molar-refractivity contribution is 6.31. The standard InChI is InChI=1S/C14H21ClN2O/c1-10(18)9-17(2)14-5-3-4-13(15)12(14)8-16-11-6-7-11/h3-5,10-11,16,18H,6-9H2,1-2H3. The van der Waals surface area contributed by atoms with Crippen molar-refractivity contribution in [3.63, 3.8) is 0 Å². The number of halogens is 1. The highest BCUT2D eigenvalue weighted by atomic mass is 35.5. The van der Waals surface area contributed by atoms with Crippen molar-refractivity contribution < 1.29 is 5.11 Å². The Kier molecular flexibility index (Phi) is 4.49. The molecule has 100 valence electrons. The van der Waals surface area contributed by atoms with Crippen LogP contribution in [0, 0.1) is 0 Å². The molecule has 18 heavy (non-hydrogen) atoms. The van der Waals surface area contributed by atoms with Gasteiger partial charge < -0.3 is 15.3 Å². The van der Waals surface area contributed by atoms with Gasteiger partial charge in [0.2, 0.25) is 0 Å². The third-order valence-electron chi connectivity index (χ3n) is 3.19. The Labute approximate surface area is 114 Å². The Morgan fingerprint density at radius 3 is 2.83 bits per heavy atom. The van der Waals surface area contributed by atoms with E-state index in [4.69, 9.17) is 11.6 Å². The van der Waals surface area contributed by atoms with Crippen LogP contribution >= 0.6 is 11.6 Å². The molecule has 1 aliphatic carbocycles. The zero-order valence-corrected chi connectivity index (χ0v) is 11.7. The van der Waals surface area contributed by atoms with Gasteiger partial charge in [-0.2, -0.15) is 0 Å². The molecule has 1 saturated carbocycles. The number of hydrogen-bond donors (Lipinski definition) is 2. The van der Waals surface area contributed by atoms with Gasteiger partial charge in [0.05, 0.1) is 6.10 Å². The van der Waals surface area contributed by atoms with E-state index in [1.165, 1.54) is 12.8 Å². The van der Waals surface area contributed by atoms with E-state index >= 15 is 0 Å². The summed E-state index contributed by atoms with van der Waals surface area (Å²) in [6, 6.07) is 6.59. The van der Waals surface area contributed by atoms with Crippen LogP contribution in [0.4, 0.5) is 5.69 Å². The summed E-state index contributed by atoms with van der Waals surface area (Å²) in [5.74, 6) is 0. The number of anilines is 1. The van der Waals surface area contributed by atoms with Gasteiger partial charge in [-0.1, -0.05) is 17.7 Å². The molecule has 0 aromatic heterocycles. The first-order chi connectivity index (χ1) is 8.58. The van der Waals surface area contributed by atoms with Crippen LogP contribution < -0.4 is 10.2 Å². The van der Waals surface area contributed by atoms with Crippen molar-refractivity contribution in [2.45, 2.75) is 38.5 Å². The Hall–Kier alpha value is -0.770. The zero-order valence-electron chi connectivity index (χ0n) is 11.0. The lowest BCUT2D eigenvalue weighted by Crippen LogP contribution is -2.28. The fraction of sp³-hybridized carbons (Fsp3) is 0.571. The highest BCUT2D eigenvalue weighted by Gasteiger charge is 2.21. The molecule has 0 radical (unpaired) electrons. The van der Waals surface area contributed by atoms with Gasteiger partial charge in [-0.25, -0.2) is 0 Å². The summed E-state index contributed by atoms with van der Waals surface area (Å²) in [6.45, 7) is 3.20. The Bertz CT molecular complexity index is 405. The number of likely N-dealkylation sites (N-methyl/N-ethyl adjacent to an activating group) is 1. The van der Waals surface area contributed by atoms with Gasteiger partial charge in [-0.3, -0.25) is 0 Å². The van der Waals surface area contributed by atoms with Gasteiger partial charge in [0.25, 0.3) is 0 Å². The van der Waals surface area contributed by atoms with Crippen LogP contribution in [0.25, 0.3) is 0 Å². The van der Waals surface area contributed by atoms with Crippen molar-refractivity contribution in [2.24, 2.45) is 0 Å². The molecule has 3 nitrogen and oxygen atoms in total. The van der Waals surface area contributed by atoms with E-state index in [-0.39, 0.29) is 6.10 Å². The van der Waals surface area contributed by atoms with E-state index in [1.807, 2.05) is 19.2 Å². The number of rotatable bonds is 6. The minimum absolute atomic E-state index is 0.349. The Morgan fingerprint density at radius 2 is 2.22 bits per heavy atom. The minimum atomic E-state index is -0.349. The van der Waals surface area contributed by atoms with E-state index in [2.05, 4.69) is 16.3 Å². The molecule has 0 amide bonds. The smallest absolute Gasteiger partial charge is 0.0686 e. The Morgan fingerprint density at radius 1 is 1.50 bits per heavy atom. The molecule has 0 aliphatic heterocycles. The second kappa shape index (κ2) is 5.91. The zero-order chi connectivity index (χ0) is 13.1. The second-order valence-electron chi connectivity index (χ2n) is 5.12. The number of aliphatic hydroxyl groups is 1. The van der Waals surface area contributed by atoms with Crippen LogP contribution in [0.3, 0.4) is 0 Å². The summed E-state index contributed by atoms with van der Waals surface area (Å²) in [5.41, 5.74) is 2.21. The maximum atomic E-state index is 9.48. The first-order valence-electron chi connectivity index (χ1n) is 6.48. The minimum Gasteiger partial charge on any atom is -0.392 e. The maximum Gasteiger partial charge on any atom is 0.0686 e. The third kappa shape index (κ3) is 3.61. The van der Waals surface area contributed by atoms with Gasteiger partial charge >= 0.3 is 0 Å². The van der Waals surface area contributed by atoms with Crippen molar-refractivity contribution in [2.75, 3.05) is 18.5 Å². The average molecular weight is 269 g/mol. The first kappa shape index (κ1) is 13.7. The van der Waals surface area contributed by atoms with Crippen molar-refractivity contribution >= 4 is 17.3 Å².